The quantitative estimate of drug-likeness (QED) is 0.760. The molecular weight excluding hydrogens is 254 g/mol. The lowest BCUT2D eigenvalue weighted by atomic mass is 10.2. The molecule has 1 aromatic carbocycles. The van der Waals surface area contributed by atoms with Crippen LogP contribution in [0, 0.1) is 11.6 Å². The van der Waals surface area contributed by atoms with Crippen LogP contribution in [0.2, 0.25) is 0 Å². The zero-order valence-electron chi connectivity index (χ0n) is 9.60. The number of aromatic nitrogens is 4. The maximum absolute atomic E-state index is 13.6. The molecule has 0 bridgehead atoms. The summed E-state index contributed by atoms with van der Waals surface area (Å²) in [5, 5.41) is 0. The summed E-state index contributed by atoms with van der Waals surface area (Å²) in [6.45, 7) is -0.228. The van der Waals surface area contributed by atoms with Crippen molar-refractivity contribution in [2.24, 2.45) is 0 Å². The Morgan fingerprint density at radius 2 is 2.00 bits per heavy atom. The van der Waals surface area contributed by atoms with E-state index < -0.39 is 17.3 Å². The topological polar surface area (TPSA) is 63.6 Å². The molecule has 0 spiro atoms. The summed E-state index contributed by atoms with van der Waals surface area (Å²) < 4.78 is 28.3. The van der Waals surface area contributed by atoms with Gasteiger partial charge in [-0.15, -0.1) is 0 Å². The van der Waals surface area contributed by atoms with E-state index >= 15 is 0 Å². The molecule has 3 aromatic rings. The van der Waals surface area contributed by atoms with Crippen molar-refractivity contribution >= 4 is 11.2 Å². The molecule has 0 unspecified atom stereocenters. The van der Waals surface area contributed by atoms with E-state index in [1.54, 1.807) is 0 Å². The van der Waals surface area contributed by atoms with Crippen molar-refractivity contribution < 1.29 is 8.78 Å². The van der Waals surface area contributed by atoms with Gasteiger partial charge in [-0.25, -0.2) is 23.5 Å². The maximum Gasteiger partial charge on any atom is 0.328 e. The van der Waals surface area contributed by atoms with E-state index in [9.17, 15) is 13.6 Å². The summed E-state index contributed by atoms with van der Waals surface area (Å²) in [6.07, 6.45) is 2.70. The lowest BCUT2D eigenvalue weighted by Gasteiger charge is -2.05. The fourth-order valence-electron chi connectivity index (χ4n) is 1.89. The Balaban J connectivity index is 2.16. The van der Waals surface area contributed by atoms with Crippen LogP contribution < -0.4 is 5.69 Å². The van der Waals surface area contributed by atoms with Crippen molar-refractivity contribution in [1.82, 2.24) is 19.5 Å². The van der Waals surface area contributed by atoms with Crippen LogP contribution in [0.1, 0.15) is 5.56 Å². The number of fused-ring (bicyclic) bond motifs is 1. The van der Waals surface area contributed by atoms with Crippen molar-refractivity contribution in [2.45, 2.75) is 6.54 Å². The third kappa shape index (κ3) is 1.88. The van der Waals surface area contributed by atoms with E-state index in [1.807, 2.05) is 0 Å². The fraction of sp³-hybridized carbons (Fsp3) is 0.0833. The highest BCUT2D eigenvalue weighted by Crippen LogP contribution is 2.14. The molecule has 3 rings (SSSR count). The number of halogens is 2. The molecule has 2 aromatic heterocycles. The van der Waals surface area contributed by atoms with Gasteiger partial charge in [0.1, 0.15) is 23.5 Å². The SMILES string of the molecule is O=c1[nH]c2cncnc2n1Cc1c(F)cccc1F. The van der Waals surface area contributed by atoms with Crippen molar-refractivity contribution in [3.05, 3.63) is 58.4 Å². The number of hydrogen-bond acceptors (Lipinski definition) is 3. The van der Waals surface area contributed by atoms with Gasteiger partial charge in [-0.05, 0) is 12.1 Å². The highest BCUT2D eigenvalue weighted by molar-refractivity contribution is 5.68. The number of hydrogen-bond donors (Lipinski definition) is 1. The molecule has 2 heterocycles. The summed E-state index contributed by atoms with van der Waals surface area (Å²) in [5.74, 6) is -1.40. The number of benzene rings is 1. The fourth-order valence-corrected chi connectivity index (χ4v) is 1.89. The second-order valence-electron chi connectivity index (χ2n) is 3.98. The van der Waals surface area contributed by atoms with Gasteiger partial charge in [-0.1, -0.05) is 6.07 Å². The molecule has 1 N–H and O–H groups in total. The Bertz CT molecular complexity index is 789. The van der Waals surface area contributed by atoms with E-state index in [-0.39, 0.29) is 12.1 Å². The summed E-state index contributed by atoms with van der Waals surface area (Å²) >= 11 is 0. The molecule has 96 valence electrons. The third-order valence-corrected chi connectivity index (χ3v) is 2.81. The molecule has 0 fully saturated rings. The van der Waals surface area contributed by atoms with Crippen LogP contribution in [0.4, 0.5) is 8.78 Å². The third-order valence-electron chi connectivity index (χ3n) is 2.81. The van der Waals surface area contributed by atoms with Gasteiger partial charge in [0, 0.05) is 5.56 Å². The first-order chi connectivity index (χ1) is 9.16. The predicted octanol–water partition coefficient (Wildman–Crippen LogP) is 1.45. The van der Waals surface area contributed by atoms with Crippen molar-refractivity contribution in [2.75, 3.05) is 0 Å². The highest BCUT2D eigenvalue weighted by atomic mass is 19.1. The largest absolute Gasteiger partial charge is 0.328 e. The van der Waals surface area contributed by atoms with Gasteiger partial charge in [0.05, 0.1) is 12.7 Å². The van der Waals surface area contributed by atoms with E-state index in [4.69, 9.17) is 0 Å². The molecule has 0 aliphatic rings. The van der Waals surface area contributed by atoms with Crippen LogP contribution in [-0.4, -0.2) is 19.5 Å². The normalized spacial score (nSPS) is 11.1. The van der Waals surface area contributed by atoms with Crippen LogP contribution in [0.3, 0.4) is 0 Å². The van der Waals surface area contributed by atoms with Crippen LogP contribution in [0.15, 0.2) is 35.5 Å². The van der Waals surface area contributed by atoms with E-state index in [0.29, 0.717) is 11.2 Å². The smallest absolute Gasteiger partial charge is 0.303 e. The Morgan fingerprint density at radius 3 is 2.74 bits per heavy atom. The van der Waals surface area contributed by atoms with E-state index in [0.717, 1.165) is 12.1 Å². The first kappa shape index (κ1) is 11.5. The number of aromatic amines is 1. The molecule has 5 nitrogen and oxygen atoms in total. The van der Waals surface area contributed by atoms with Gasteiger partial charge in [-0.3, -0.25) is 4.57 Å². The lowest BCUT2D eigenvalue weighted by Crippen LogP contribution is -2.19. The molecule has 0 saturated heterocycles. The minimum absolute atomic E-state index is 0.177. The molecule has 0 aliphatic carbocycles. The van der Waals surface area contributed by atoms with Gasteiger partial charge in [0.15, 0.2) is 5.65 Å². The maximum atomic E-state index is 13.6. The van der Waals surface area contributed by atoms with Gasteiger partial charge >= 0.3 is 5.69 Å². The van der Waals surface area contributed by atoms with Crippen LogP contribution in [-0.2, 0) is 6.54 Å². The molecular formula is C12H8F2N4O. The number of nitrogens with one attached hydrogen (secondary N) is 1. The Morgan fingerprint density at radius 1 is 1.26 bits per heavy atom. The minimum Gasteiger partial charge on any atom is -0.303 e. The van der Waals surface area contributed by atoms with Gasteiger partial charge in [0.25, 0.3) is 0 Å². The molecule has 0 amide bonds. The predicted molar refractivity (Wildman–Crippen MR) is 63.6 cm³/mol. The zero-order chi connectivity index (χ0) is 13.4. The van der Waals surface area contributed by atoms with E-state index in [2.05, 4.69) is 15.0 Å². The molecule has 0 radical (unpaired) electrons. The Labute approximate surface area is 105 Å². The van der Waals surface area contributed by atoms with Crippen LogP contribution in [0.25, 0.3) is 11.2 Å². The average Bonchev–Trinajstić information content (AvgIpc) is 2.70. The average molecular weight is 262 g/mol. The zero-order valence-corrected chi connectivity index (χ0v) is 9.60. The number of rotatable bonds is 2. The summed E-state index contributed by atoms with van der Waals surface area (Å²) in [4.78, 5) is 22.0. The Hall–Kier alpha value is -2.57. The number of imidazole rings is 1. The van der Waals surface area contributed by atoms with Gasteiger partial charge < -0.3 is 4.98 Å². The minimum atomic E-state index is -0.699. The molecule has 0 aliphatic heterocycles. The summed E-state index contributed by atoms with van der Waals surface area (Å²) in [7, 11) is 0. The van der Waals surface area contributed by atoms with Gasteiger partial charge in [0.2, 0.25) is 0 Å². The van der Waals surface area contributed by atoms with Crippen molar-refractivity contribution in [3.8, 4) is 0 Å². The summed E-state index contributed by atoms with van der Waals surface area (Å²) in [6, 6.07) is 3.56. The number of nitrogens with zero attached hydrogens (tertiary/aromatic N) is 3. The number of H-pyrrole nitrogens is 1. The Kier molecular flexibility index (Phi) is 2.59. The lowest BCUT2D eigenvalue weighted by molar-refractivity contribution is 0.544. The van der Waals surface area contributed by atoms with E-state index in [1.165, 1.54) is 23.2 Å². The molecule has 0 saturated carbocycles. The van der Waals surface area contributed by atoms with Gasteiger partial charge in [-0.2, -0.15) is 0 Å². The molecule has 19 heavy (non-hydrogen) atoms. The van der Waals surface area contributed by atoms with Crippen molar-refractivity contribution in [1.29, 1.82) is 0 Å². The first-order valence-electron chi connectivity index (χ1n) is 5.48. The first-order valence-corrected chi connectivity index (χ1v) is 5.48. The van der Waals surface area contributed by atoms with Crippen LogP contribution in [0.5, 0.6) is 0 Å². The standard InChI is InChI=1S/C12H8F2N4O/c13-8-2-1-3-9(14)7(8)5-18-11-10(17-12(18)19)4-15-6-16-11/h1-4,6H,5H2,(H,17,19). The van der Waals surface area contributed by atoms with Crippen LogP contribution >= 0.6 is 0 Å². The molecule has 0 atom stereocenters. The van der Waals surface area contributed by atoms with Crippen molar-refractivity contribution in [3.63, 3.8) is 0 Å². The second kappa shape index (κ2) is 4.27. The highest BCUT2D eigenvalue weighted by Gasteiger charge is 2.13. The summed E-state index contributed by atoms with van der Waals surface area (Å²) in [5.41, 5.74) is 0.0640. The second-order valence-corrected chi connectivity index (χ2v) is 3.98. The monoisotopic (exact) mass is 262 g/mol. The molecule has 7 heteroatoms.